The zero-order chi connectivity index (χ0) is 13.2. The number of rotatable bonds is 3. The Labute approximate surface area is 108 Å². The smallest absolute Gasteiger partial charge is 0.198 e. The predicted molar refractivity (Wildman–Crippen MR) is 68.3 cm³/mol. The van der Waals surface area contributed by atoms with Crippen molar-refractivity contribution in [2.75, 3.05) is 12.8 Å². The van der Waals surface area contributed by atoms with E-state index in [4.69, 9.17) is 15.0 Å². The van der Waals surface area contributed by atoms with Crippen molar-refractivity contribution >= 4 is 5.82 Å². The number of anilines is 1. The van der Waals surface area contributed by atoms with Crippen LogP contribution >= 0.6 is 0 Å². The van der Waals surface area contributed by atoms with Gasteiger partial charge in [-0.1, -0.05) is 17.3 Å². The first-order chi connectivity index (χ1) is 9.29. The van der Waals surface area contributed by atoms with Gasteiger partial charge in [0, 0.05) is 0 Å². The number of nitrogens with one attached hydrogen (secondary N) is 1. The minimum Gasteiger partial charge on any atom is -0.497 e. The zero-order valence-corrected chi connectivity index (χ0v) is 10.1. The van der Waals surface area contributed by atoms with Gasteiger partial charge in [0.1, 0.15) is 5.75 Å². The Morgan fingerprint density at radius 1 is 1.37 bits per heavy atom. The number of nitrogens with zero attached hydrogens (tertiary/aromatic N) is 3. The van der Waals surface area contributed by atoms with E-state index in [0.717, 1.165) is 11.3 Å². The summed E-state index contributed by atoms with van der Waals surface area (Å²) < 4.78 is 10.4. The van der Waals surface area contributed by atoms with Crippen LogP contribution < -0.4 is 10.5 Å². The quantitative estimate of drug-likeness (QED) is 0.740. The average Bonchev–Trinajstić information content (AvgIpc) is 3.07. The Morgan fingerprint density at radius 3 is 3.00 bits per heavy atom. The number of methoxy groups -OCH3 is 1. The minimum absolute atomic E-state index is 0.297. The minimum atomic E-state index is 0.297. The van der Waals surface area contributed by atoms with Crippen LogP contribution in [0.1, 0.15) is 0 Å². The molecule has 0 fully saturated rings. The summed E-state index contributed by atoms with van der Waals surface area (Å²) in [6.45, 7) is 0. The second-order valence-corrected chi connectivity index (χ2v) is 3.86. The maximum absolute atomic E-state index is 5.87. The van der Waals surface area contributed by atoms with E-state index in [1.807, 2.05) is 24.3 Å². The second-order valence-electron chi connectivity index (χ2n) is 3.86. The molecule has 0 aliphatic carbocycles. The van der Waals surface area contributed by atoms with Gasteiger partial charge in [-0.25, -0.2) is 0 Å². The predicted octanol–water partition coefficient (Wildman–Crippen LogP) is 1.72. The van der Waals surface area contributed by atoms with Crippen molar-refractivity contribution in [2.45, 2.75) is 0 Å². The van der Waals surface area contributed by atoms with E-state index in [1.165, 1.54) is 0 Å². The van der Waals surface area contributed by atoms with Crippen LogP contribution in [0.4, 0.5) is 5.82 Å². The van der Waals surface area contributed by atoms with E-state index in [2.05, 4.69) is 20.6 Å². The number of ether oxygens (including phenoxy) is 1. The first-order valence-corrected chi connectivity index (χ1v) is 5.55. The Hall–Kier alpha value is -2.83. The van der Waals surface area contributed by atoms with E-state index >= 15 is 0 Å². The molecule has 0 saturated carbocycles. The van der Waals surface area contributed by atoms with Gasteiger partial charge in [0.25, 0.3) is 0 Å². The first kappa shape index (κ1) is 11.3. The molecule has 0 unspecified atom stereocenters. The first-order valence-electron chi connectivity index (χ1n) is 5.55. The van der Waals surface area contributed by atoms with Gasteiger partial charge in [0.05, 0.1) is 18.9 Å². The summed E-state index contributed by atoms with van der Waals surface area (Å²) in [5, 5.41) is 14.0. The summed E-state index contributed by atoms with van der Waals surface area (Å²) in [7, 11) is 1.61. The fourth-order valence-corrected chi connectivity index (χ4v) is 1.85. The maximum atomic E-state index is 5.87. The summed E-state index contributed by atoms with van der Waals surface area (Å²) in [4.78, 5) is 0. The molecule has 0 amide bonds. The maximum Gasteiger partial charge on any atom is 0.198 e. The lowest BCUT2D eigenvalue weighted by atomic mass is 10.0. The van der Waals surface area contributed by atoms with E-state index < -0.39 is 0 Å². The van der Waals surface area contributed by atoms with Crippen LogP contribution in [0.2, 0.25) is 0 Å². The molecule has 3 rings (SSSR count). The molecule has 96 valence electrons. The molecular formula is C12H11N5O2. The summed E-state index contributed by atoms with van der Waals surface area (Å²) in [5.41, 5.74) is 7.93. The highest BCUT2D eigenvalue weighted by molar-refractivity contribution is 5.85. The molecule has 0 spiro atoms. The number of hydrogen-bond acceptors (Lipinski definition) is 6. The summed E-state index contributed by atoms with van der Waals surface area (Å²) in [5.74, 6) is 1.50. The molecule has 0 aliphatic rings. The summed E-state index contributed by atoms with van der Waals surface area (Å²) in [6.07, 6.45) is 1.55. The summed E-state index contributed by atoms with van der Waals surface area (Å²) >= 11 is 0. The van der Waals surface area contributed by atoms with Crippen molar-refractivity contribution in [1.29, 1.82) is 0 Å². The molecule has 7 heteroatoms. The fourth-order valence-electron chi connectivity index (χ4n) is 1.85. The van der Waals surface area contributed by atoms with E-state index in [-0.39, 0.29) is 0 Å². The third kappa shape index (κ3) is 1.90. The Kier molecular flexibility index (Phi) is 2.64. The van der Waals surface area contributed by atoms with Gasteiger partial charge < -0.3 is 15.0 Å². The molecule has 2 aromatic heterocycles. The van der Waals surface area contributed by atoms with Crippen molar-refractivity contribution in [3.05, 3.63) is 30.5 Å². The molecule has 19 heavy (non-hydrogen) atoms. The highest BCUT2D eigenvalue weighted by Crippen LogP contribution is 2.36. The largest absolute Gasteiger partial charge is 0.497 e. The molecule has 2 heterocycles. The van der Waals surface area contributed by atoms with E-state index in [0.29, 0.717) is 22.8 Å². The molecule has 0 aliphatic heterocycles. The van der Waals surface area contributed by atoms with Gasteiger partial charge in [0.15, 0.2) is 17.3 Å². The normalized spacial score (nSPS) is 10.6. The summed E-state index contributed by atoms with van der Waals surface area (Å²) in [6, 6.07) is 7.47. The lowest BCUT2D eigenvalue weighted by Gasteiger charge is -2.03. The fraction of sp³-hybridized carbons (Fsp3) is 0.0833. The van der Waals surface area contributed by atoms with Crippen LogP contribution in [0, 0.1) is 0 Å². The highest BCUT2D eigenvalue weighted by atomic mass is 16.5. The van der Waals surface area contributed by atoms with E-state index in [1.54, 1.807) is 13.3 Å². The van der Waals surface area contributed by atoms with Crippen molar-refractivity contribution in [2.24, 2.45) is 0 Å². The second kappa shape index (κ2) is 4.45. The molecule has 0 bridgehead atoms. The standard InChI is InChI=1S/C12H11N5O2/c1-18-8-4-2-3-7(5-8)10-11(19-16-12(10)13)9-6-14-17-15-9/h2-6H,1H3,(H2,13,16)(H,14,15,17). The third-order valence-electron chi connectivity index (χ3n) is 2.72. The van der Waals surface area contributed by atoms with Crippen LogP contribution in [-0.4, -0.2) is 27.7 Å². The monoisotopic (exact) mass is 257 g/mol. The highest BCUT2D eigenvalue weighted by Gasteiger charge is 2.19. The SMILES string of the molecule is COc1cccc(-c2c(N)noc2-c2cn[nH]n2)c1. The number of H-pyrrole nitrogens is 1. The van der Waals surface area contributed by atoms with E-state index in [9.17, 15) is 0 Å². The van der Waals surface area contributed by atoms with Crippen molar-refractivity contribution in [3.63, 3.8) is 0 Å². The lowest BCUT2D eigenvalue weighted by molar-refractivity contribution is 0.415. The van der Waals surface area contributed by atoms with Crippen molar-refractivity contribution < 1.29 is 9.26 Å². The Balaban J connectivity index is 2.16. The van der Waals surface area contributed by atoms with Gasteiger partial charge in [-0.2, -0.15) is 15.4 Å². The van der Waals surface area contributed by atoms with Crippen molar-refractivity contribution in [1.82, 2.24) is 20.6 Å². The van der Waals surface area contributed by atoms with Gasteiger partial charge in [-0.3, -0.25) is 0 Å². The van der Waals surface area contributed by atoms with Gasteiger partial charge >= 0.3 is 0 Å². The molecule has 3 N–H and O–H groups in total. The van der Waals surface area contributed by atoms with Crippen LogP contribution in [-0.2, 0) is 0 Å². The Bertz CT molecular complexity index is 690. The molecule has 0 saturated heterocycles. The molecular weight excluding hydrogens is 246 g/mol. The molecule has 0 atom stereocenters. The third-order valence-corrected chi connectivity index (χ3v) is 2.72. The molecule has 7 nitrogen and oxygen atoms in total. The van der Waals surface area contributed by atoms with Crippen LogP contribution in [0.15, 0.2) is 35.0 Å². The Morgan fingerprint density at radius 2 is 2.26 bits per heavy atom. The number of aromatic nitrogens is 4. The number of hydrogen-bond donors (Lipinski definition) is 2. The van der Waals surface area contributed by atoms with Gasteiger partial charge in [-0.15, -0.1) is 0 Å². The topological polar surface area (TPSA) is 103 Å². The molecule has 0 radical (unpaired) electrons. The molecule has 3 aromatic rings. The lowest BCUT2D eigenvalue weighted by Crippen LogP contribution is -1.90. The van der Waals surface area contributed by atoms with Gasteiger partial charge in [-0.05, 0) is 17.7 Å². The number of nitrogen functional groups attached to an aromatic ring is 1. The number of benzene rings is 1. The number of nitrogens with two attached hydrogens (primary N) is 1. The van der Waals surface area contributed by atoms with Crippen LogP contribution in [0.5, 0.6) is 5.75 Å². The van der Waals surface area contributed by atoms with Crippen molar-refractivity contribution in [3.8, 4) is 28.3 Å². The zero-order valence-electron chi connectivity index (χ0n) is 10.1. The van der Waals surface area contributed by atoms with Gasteiger partial charge in [0.2, 0.25) is 0 Å². The molecule has 1 aromatic carbocycles. The number of aromatic amines is 1. The van der Waals surface area contributed by atoms with Crippen LogP contribution in [0.3, 0.4) is 0 Å². The van der Waals surface area contributed by atoms with Crippen LogP contribution in [0.25, 0.3) is 22.6 Å². The average molecular weight is 257 g/mol.